The van der Waals surface area contributed by atoms with Gasteiger partial charge in [-0.15, -0.1) is 0 Å². The first-order valence-electron chi connectivity index (χ1n) is 4.46. The van der Waals surface area contributed by atoms with Crippen LogP contribution in [0.15, 0.2) is 0 Å². The van der Waals surface area contributed by atoms with Crippen LogP contribution in [0, 0.1) is 0 Å². The van der Waals surface area contributed by atoms with Crippen molar-refractivity contribution >= 4 is 0 Å². The normalized spacial score (nSPS) is 14.8. The van der Waals surface area contributed by atoms with Gasteiger partial charge in [0.05, 0.1) is 6.17 Å². The summed E-state index contributed by atoms with van der Waals surface area (Å²) in [6.45, 7) is 4.46. The predicted octanol–water partition coefficient (Wildman–Crippen LogP) is 0.387. The highest BCUT2D eigenvalue weighted by Crippen LogP contribution is 1.97. The number of likely N-dealkylation sites (N-methyl/N-ethyl adjacent to an activating group) is 2. The van der Waals surface area contributed by atoms with Gasteiger partial charge in [-0.2, -0.15) is 0 Å². The highest BCUT2D eigenvalue weighted by Gasteiger charge is 2.09. The van der Waals surface area contributed by atoms with Crippen molar-refractivity contribution in [3.8, 4) is 0 Å². The summed E-state index contributed by atoms with van der Waals surface area (Å²) in [7, 11) is 10.6. The van der Waals surface area contributed by atoms with Crippen LogP contribution in [0.1, 0.15) is 6.92 Å². The van der Waals surface area contributed by atoms with Crippen molar-refractivity contribution in [1.29, 1.82) is 0 Å². The summed E-state index contributed by atoms with van der Waals surface area (Å²) in [5, 5.41) is 0. The molecule has 0 aliphatic carbocycles. The molecule has 1 atom stereocenters. The first kappa shape index (κ1) is 11.9. The lowest BCUT2D eigenvalue weighted by atomic mass is 10.4. The van der Waals surface area contributed by atoms with Gasteiger partial charge in [0.1, 0.15) is 0 Å². The third-order valence-corrected chi connectivity index (χ3v) is 2.29. The fourth-order valence-electron chi connectivity index (χ4n) is 0.939. The summed E-state index contributed by atoms with van der Waals surface area (Å²) < 4.78 is 0. The second kappa shape index (κ2) is 5.51. The Hall–Kier alpha value is -0.120. The molecule has 0 amide bonds. The smallest absolute Gasteiger partial charge is 0.0586 e. The maximum absolute atomic E-state index is 2.35. The molecule has 0 saturated carbocycles. The molecular weight excluding hydrogens is 150 g/mol. The summed E-state index contributed by atoms with van der Waals surface area (Å²) in [6, 6.07) is 0. The standard InChI is InChI=1S/C9H23N3/c1-9(11(4)5)12(6)8-7-10(2)3/h9H,7-8H2,1-6H3. The van der Waals surface area contributed by atoms with Crippen LogP contribution in [-0.2, 0) is 0 Å². The topological polar surface area (TPSA) is 9.72 Å². The fraction of sp³-hybridized carbons (Fsp3) is 1.00. The van der Waals surface area contributed by atoms with E-state index in [0.717, 1.165) is 13.1 Å². The molecule has 0 aliphatic rings. The third kappa shape index (κ3) is 4.70. The minimum absolute atomic E-state index is 0.518. The minimum atomic E-state index is 0.518. The predicted molar refractivity (Wildman–Crippen MR) is 54.3 cm³/mol. The molecule has 0 bridgehead atoms. The zero-order chi connectivity index (χ0) is 9.72. The van der Waals surface area contributed by atoms with Crippen molar-refractivity contribution in [2.45, 2.75) is 13.1 Å². The number of hydrogen-bond acceptors (Lipinski definition) is 3. The van der Waals surface area contributed by atoms with Crippen molar-refractivity contribution in [3.63, 3.8) is 0 Å². The van der Waals surface area contributed by atoms with Gasteiger partial charge < -0.3 is 4.90 Å². The molecule has 74 valence electrons. The van der Waals surface area contributed by atoms with Crippen LogP contribution in [0.2, 0.25) is 0 Å². The van der Waals surface area contributed by atoms with Gasteiger partial charge >= 0.3 is 0 Å². The zero-order valence-electron chi connectivity index (χ0n) is 9.33. The molecule has 1 unspecified atom stereocenters. The van der Waals surface area contributed by atoms with E-state index in [1.165, 1.54) is 0 Å². The second-order valence-corrected chi connectivity index (χ2v) is 3.88. The van der Waals surface area contributed by atoms with Crippen molar-refractivity contribution in [2.24, 2.45) is 0 Å². The Morgan fingerprint density at radius 2 is 1.42 bits per heavy atom. The largest absolute Gasteiger partial charge is 0.308 e. The molecule has 0 spiro atoms. The first-order chi connectivity index (χ1) is 5.45. The van der Waals surface area contributed by atoms with Crippen LogP contribution >= 0.6 is 0 Å². The molecule has 0 aromatic heterocycles. The highest BCUT2D eigenvalue weighted by atomic mass is 15.3. The highest BCUT2D eigenvalue weighted by molar-refractivity contribution is 4.61. The average Bonchev–Trinajstić information content (AvgIpc) is 1.98. The van der Waals surface area contributed by atoms with E-state index in [9.17, 15) is 0 Å². The van der Waals surface area contributed by atoms with E-state index in [4.69, 9.17) is 0 Å². The van der Waals surface area contributed by atoms with E-state index >= 15 is 0 Å². The van der Waals surface area contributed by atoms with Crippen molar-refractivity contribution < 1.29 is 0 Å². The van der Waals surface area contributed by atoms with Gasteiger partial charge in [0.2, 0.25) is 0 Å². The maximum Gasteiger partial charge on any atom is 0.0586 e. The Kier molecular flexibility index (Phi) is 5.46. The maximum atomic E-state index is 2.35. The van der Waals surface area contributed by atoms with Gasteiger partial charge in [-0.05, 0) is 42.2 Å². The van der Waals surface area contributed by atoms with E-state index < -0.39 is 0 Å². The molecule has 0 N–H and O–H groups in total. The quantitative estimate of drug-likeness (QED) is 0.557. The van der Waals surface area contributed by atoms with Gasteiger partial charge in [-0.3, -0.25) is 9.80 Å². The lowest BCUT2D eigenvalue weighted by Crippen LogP contribution is -2.43. The lowest BCUT2D eigenvalue weighted by Gasteiger charge is -2.30. The molecule has 3 nitrogen and oxygen atoms in total. The summed E-state index contributed by atoms with van der Waals surface area (Å²) in [6.07, 6.45) is 0.518. The van der Waals surface area contributed by atoms with E-state index in [1.807, 2.05) is 0 Å². The van der Waals surface area contributed by atoms with Crippen LogP contribution < -0.4 is 0 Å². The Morgan fingerprint density at radius 1 is 0.917 bits per heavy atom. The first-order valence-corrected chi connectivity index (χ1v) is 4.46. The van der Waals surface area contributed by atoms with E-state index in [1.54, 1.807) is 0 Å². The summed E-state index contributed by atoms with van der Waals surface area (Å²) in [5.41, 5.74) is 0. The van der Waals surface area contributed by atoms with Gasteiger partial charge in [0.25, 0.3) is 0 Å². The lowest BCUT2D eigenvalue weighted by molar-refractivity contribution is 0.113. The van der Waals surface area contributed by atoms with Crippen LogP contribution in [0.5, 0.6) is 0 Å². The zero-order valence-corrected chi connectivity index (χ0v) is 9.33. The van der Waals surface area contributed by atoms with Crippen molar-refractivity contribution in [1.82, 2.24) is 14.7 Å². The molecular formula is C9H23N3. The van der Waals surface area contributed by atoms with Crippen LogP contribution in [0.25, 0.3) is 0 Å². The second-order valence-electron chi connectivity index (χ2n) is 3.88. The van der Waals surface area contributed by atoms with Crippen LogP contribution in [0.4, 0.5) is 0 Å². The van der Waals surface area contributed by atoms with Crippen molar-refractivity contribution in [3.05, 3.63) is 0 Å². The minimum Gasteiger partial charge on any atom is -0.308 e. The van der Waals surface area contributed by atoms with E-state index in [-0.39, 0.29) is 0 Å². The molecule has 0 aliphatic heterocycles. The molecule has 0 rings (SSSR count). The van der Waals surface area contributed by atoms with Gasteiger partial charge in [-0.1, -0.05) is 0 Å². The van der Waals surface area contributed by atoms with E-state index in [2.05, 4.69) is 56.9 Å². The molecule has 12 heavy (non-hydrogen) atoms. The number of nitrogens with zero attached hydrogens (tertiary/aromatic N) is 3. The van der Waals surface area contributed by atoms with Crippen molar-refractivity contribution in [2.75, 3.05) is 48.3 Å². The summed E-state index contributed by atoms with van der Waals surface area (Å²) in [5.74, 6) is 0. The fourth-order valence-corrected chi connectivity index (χ4v) is 0.939. The SMILES string of the molecule is CC(N(C)C)N(C)CCN(C)C. The molecule has 3 heteroatoms. The van der Waals surface area contributed by atoms with Crippen LogP contribution in [0.3, 0.4) is 0 Å². The average molecular weight is 173 g/mol. The third-order valence-electron chi connectivity index (χ3n) is 2.29. The molecule has 0 fully saturated rings. The van der Waals surface area contributed by atoms with Gasteiger partial charge in [-0.25, -0.2) is 0 Å². The molecule has 0 aromatic rings. The van der Waals surface area contributed by atoms with Gasteiger partial charge in [0.15, 0.2) is 0 Å². The molecule has 0 heterocycles. The summed E-state index contributed by atoms with van der Waals surface area (Å²) in [4.78, 5) is 6.77. The Balaban J connectivity index is 3.64. The molecule has 0 saturated heterocycles. The molecule has 0 aromatic carbocycles. The Morgan fingerprint density at radius 3 is 1.75 bits per heavy atom. The summed E-state index contributed by atoms with van der Waals surface area (Å²) >= 11 is 0. The Bertz CT molecular complexity index is 112. The van der Waals surface area contributed by atoms with Gasteiger partial charge in [0, 0.05) is 13.1 Å². The van der Waals surface area contributed by atoms with E-state index in [0.29, 0.717) is 6.17 Å². The monoisotopic (exact) mass is 173 g/mol. The molecule has 0 radical (unpaired) electrons. The number of hydrogen-bond donors (Lipinski definition) is 0. The van der Waals surface area contributed by atoms with Crippen LogP contribution in [-0.4, -0.2) is 69.2 Å². The number of rotatable bonds is 5. The Labute approximate surface area is 76.9 Å².